The summed E-state index contributed by atoms with van der Waals surface area (Å²) in [6.45, 7) is 2.33. The monoisotopic (exact) mass is 272 g/mol. The molecule has 0 heterocycles. The molecule has 0 fully saturated rings. The van der Waals surface area contributed by atoms with Crippen LogP contribution in [-0.2, 0) is 9.53 Å². The van der Waals surface area contributed by atoms with Gasteiger partial charge in [0.05, 0.1) is 24.6 Å². The van der Waals surface area contributed by atoms with E-state index in [4.69, 9.17) is 4.74 Å². The van der Waals surface area contributed by atoms with Crippen LogP contribution in [0.5, 0.6) is 5.75 Å². The maximum absolute atomic E-state index is 10.8. The van der Waals surface area contributed by atoms with Gasteiger partial charge in [0.25, 0.3) is 0 Å². The first kappa shape index (κ1) is 12.0. The van der Waals surface area contributed by atoms with Gasteiger partial charge in [-0.25, -0.2) is 0 Å². The number of carbonyl (C=O) groups is 1. The maximum atomic E-state index is 10.8. The average molecular weight is 273 g/mol. The molecule has 0 aliphatic carbocycles. The van der Waals surface area contributed by atoms with E-state index in [0.717, 1.165) is 15.8 Å². The number of aryl methyl sites for hydroxylation is 1. The van der Waals surface area contributed by atoms with Gasteiger partial charge in [0.15, 0.2) is 0 Å². The summed E-state index contributed by atoms with van der Waals surface area (Å²) < 4.78 is 10.8. The predicted molar refractivity (Wildman–Crippen MR) is 61.0 cm³/mol. The van der Waals surface area contributed by atoms with Crippen molar-refractivity contribution in [2.75, 3.05) is 13.7 Å². The van der Waals surface area contributed by atoms with Crippen LogP contribution in [0.3, 0.4) is 0 Å². The Labute approximate surface area is 97.5 Å². The number of esters is 1. The predicted octanol–water partition coefficient (Wildman–Crippen LogP) is 2.70. The molecular weight excluding hydrogens is 260 g/mol. The second kappa shape index (κ2) is 5.75. The van der Waals surface area contributed by atoms with Crippen molar-refractivity contribution in [3.05, 3.63) is 28.2 Å². The molecule has 0 N–H and O–H groups in total. The molecule has 0 amide bonds. The number of benzene rings is 1. The summed E-state index contributed by atoms with van der Waals surface area (Å²) in [5.74, 6) is 0.475. The van der Waals surface area contributed by atoms with E-state index in [1.54, 1.807) is 0 Å². The van der Waals surface area contributed by atoms with E-state index in [2.05, 4.69) is 20.7 Å². The molecule has 0 aliphatic rings. The number of carbonyl (C=O) groups excluding carboxylic acids is 1. The van der Waals surface area contributed by atoms with Crippen molar-refractivity contribution in [2.24, 2.45) is 0 Å². The second-order valence-corrected chi connectivity index (χ2v) is 3.96. The Morgan fingerprint density at radius 2 is 2.20 bits per heavy atom. The van der Waals surface area contributed by atoms with Gasteiger partial charge in [-0.2, -0.15) is 0 Å². The molecule has 1 aromatic rings. The van der Waals surface area contributed by atoms with Crippen molar-refractivity contribution in [2.45, 2.75) is 13.3 Å². The SMILES string of the molecule is COC(=O)CCOc1ccc(C)cc1Br. The van der Waals surface area contributed by atoms with Crippen molar-refractivity contribution in [3.8, 4) is 5.75 Å². The Hall–Kier alpha value is -1.03. The van der Waals surface area contributed by atoms with Crippen LogP contribution in [0.2, 0.25) is 0 Å². The van der Waals surface area contributed by atoms with Crippen molar-refractivity contribution < 1.29 is 14.3 Å². The lowest BCUT2D eigenvalue weighted by atomic mass is 10.2. The minimum Gasteiger partial charge on any atom is -0.492 e. The van der Waals surface area contributed by atoms with Crippen LogP contribution in [0.4, 0.5) is 0 Å². The first-order valence-corrected chi connectivity index (χ1v) is 5.38. The van der Waals surface area contributed by atoms with Crippen LogP contribution in [-0.4, -0.2) is 19.7 Å². The molecule has 0 aliphatic heterocycles. The van der Waals surface area contributed by atoms with Gasteiger partial charge in [-0.3, -0.25) is 4.79 Å². The van der Waals surface area contributed by atoms with Gasteiger partial charge in [-0.15, -0.1) is 0 Å². The molecular formula is C11H13BrO3. The molecule has 3 nitrogen and oxygen atoms in total. The molecule has 0 saturated carbocycles. The smallest absolute Gasteiger partial charge is 0.308 e. The number of hydrogen-bond donors (Lipinski definition) is 0. The summed E-state index contributed by atoms with van der Waals surface area (Å²) >= 11 is 3.39. The molecule has 0 spiro atoms. The van der Waals surface area contributed by atoms with Crippen molar-refractivity contribution in [1.82, 2.24) is 0 Å². The topological polar surface area (TPSA) is 35.5 Å². The highest BCUT2D eigenvalue weighted by Gasteiger charge is 2.03. The van der Waals surface area contributed by atoms with Gasteiger partial charge in [0, 0.05) is 0 Å². The minimum atomic E-state index is -0.266. The zero-order valence-electron chi connectivity index (χ0n) is 8.75. The highest BCUT2D eigenvalue weighted by molar-refractivity contribution is 9.10. The molecule has 0 bridgehead atoms. The summed E-state index contributed by atoms with van der Waals surface area (Å²) in [6.07, 6.45) is 0.261. The molecule has 1 aromatic carbocycles. The maximum Gasteiger partial charge on any atom is 0.308 e. The molecule has 0 saturated heterocycles. The fraction of sp³-hybridized carbons (Fsp3) is 0.364. The first-order valence-electron chi connectivity index (χ1n) is 4.59. The average Bonchev–Trinajstić information content (AvgIpc) is 2.21. The molecule has 82 valence electrons. The van der Waals surface area contributed by atoms with Crippen molar-refractivity contribution in [3.63, 3.8) is 0 Å². The Morgan fingerprint density at radius 3 is 2.80 bits per heavy atom. The van der Waals surface area contributed by atoms with E-state index in [9.17, 15) is 4.79 Å². The molecule has 0 atom stereocenters. The third kappa shape index (κ3) is 3.91. The number of halogens is 1. The number of ether oxygens (including phenoxy) is 2. The van der Waals surface area contributed by atoms with Gasteiger partial charge in [-0.1, -0.05) is 6.07 Å². The number of methoxy groups -OCH3 is 1. The van der Waals surface area contributed by atoms with Crippen LogP contribution >= 0.6 is 15.9 Å². The Balaban J connectivity index is 2.47. The molecule has 0 unspecified atom stereocenters. The quantitative estimate of drug-likeness (QED) is 0.791. The summed E-state index contributed by atoms with van der Waals surface area (Å²) in [7, 11) is 1.37. The van der Waals surface area contributed by atoms with Crippen LogP contribution in [0.25, 0.3) is 0 Å². The zero-order valence-corrected chi connectivity index (χ0v) is 10.3. The number of rotatable bonds is 4. The lowest BCUT2D eigenvalue weighted by Crippen LogP contribution is -2.07. The zero-order chi connectivity index (χ0) is 11.3. The lowest BCUT2D eigenvalue weighted by Gasteiger charge is -2.07. The fourth-order valence-electron chi connectivity index (χ4n) is 1.07. The molecule has 0 aromatic heterocycles. The van der Waals surface area contributed by atoms with Crippen molar-refractivity contribution >= 4 is 21.9 Å². The molecule has 0 radical (unpaired) electrons. The summed E-state index contributed by atoms with van der Waals surface area (Å²) in [4.78, 5) is 10.8. The van der Waals surface area contributed by atoms with E-state index in [1.807, 2.05) is 25.1 Å². The Bertz CT molecular complexity index is 350. The molecule has 4 heteroatoms. The standard InChI is InChI=1S/C11H13BrO3/c1-8-3-4-10(9(12)7-8)15-6-5-11(13)14-2/h3-4,7H,5-6H2,1-2H3. The fourth-order valence-corrected chi connectivity index (χ4v) is 1.68. The normalized spacial score (nSPS) is 9.80. The Morgan fingerprint density at radius 1 is 1.47 bits per heavy atom. The van der Waals surface area contributed by atoms with Crippen molar-refractivity contribution in [1.29, 1.82) is 0 Å². The van der Waals surface area contributed by atoms with Gasteiger partial charge in [0.2, 0.25) is 0 Å². The third-order valence-electron chi connectivity index (χ3n) is 1.88. The minimum absolute atomic E-state index is 0.261. The lowest BCUT2D eigenvalue weighted by molar-refractivity contribution is -0.141. The van der Waals surface area contributed by atoms with Crippen LogP contribution < -0.4 is 4.74 Å². The first-order chi connectivity index (χ1) is 7.13. The van der Waals surface area contributed by atoms with E-state index in [0.29, 0.717) is 6.61 Å². The van der Waals surface area contributed by atoms with E-state index >= 15 is 0 Å². The van der Waals surface area contributed by atoms with Gasteiger partial charge in [0.1, 0.15) is 5.75 Å². The van der Waals surface area contributed by atoms with E-state index in [1.165, 1.54) is 7.11 Å². The van der Waals surface area contributed by atoms with Crippen LogP contribution in [0.1, 0.15) is 12.0 Å². The van der Waals surface area contributed by atoms with Crippen LogP contribution in [0, 0.1) is 6.92 Å². The third-order valence-corrected chi connectivity index (χ3v) is 2.50. The summed E-state index contributed by atoms with van der Waals surface area (Å²) in [6, 6.07) is 5.79. The van der Waals surface area contributed by atoms with Gasteiger partial charge >= 0.3 is 5.97 Å². The van der Waals surface area contributed by atoms with Gasteiger partial charge < -0.3 is 9.47 Å². The van der Waals surface area contributed by atoms with E-state index in [-0.39, 0.29) is 12.4 Å². The summed E-state index contributed by atoms with van der Waals surface area (Å²) in [5.41, 5.74) is 1.15. The number of hydrogen-bond acceptors (Lipinski definition) is 3. The van der Waals surface area contributed by atoms with E-state index < -0.39 is 0 Å². The second-order valence-electron chi connectivity index (χ2n) is 3.11. The Kier molecular flexibility index (Phi) is 4.62. The van der Waals surface area contributed by atoms with Crippen LogP contribution in [0.15, 0.2) is 22.7 Å². The van der Waals surface area contributed by atoms with Gasteiger partial charge in [-0.05, 0) is 40.5 Å². The molecule has 15 heavy (non-hydrogen) atoms. The highest BCUT2D eigenvalue weighted by Crippen LogP contribution is 2.25. The highest BCUT2D eigenvalue weighted by atomic mass is 79.9. The summed E-state index contributed by atoms with van der Waals surface area (Å²) in [5, 5.41) is 0. The largest absolute Gasteiger partial charge is 0.492 e. The molecule has 1 rings (SSSR count).